The second-order valence-corrected chi connectivity index (χ2v) is 16.0. The van der Waals surface area contributed by atoms with Crippen molar-refractivity contribution in [3.63, 3.8) is 0 Å². The summed E-state index contributed by atoms with van der Waals surface area (Å²) in [5.74, 6) is 2.09. The number of fused-ring (bicyclic) bond motifs is 2. The lowest BCUT2D eigenvalue weighted by Gasteiger charge is -2.21. The molecule has 4 nitrogen and oxygen atoms in total. The highest BCUT2D eigenvalue weighted by molar-refractivity contribution is 9.13. The molecule has 0 unspecified atom stereocenters. The van der Waals surface area contributed by atoms with Gasteiger partial charge in [0.2, 0.25) is 0 Å². The number of hydrogen-bond donors (Lipinski definition) is 0. The molecule has 188 valence electrons. The van der Waals surface area contributed by atoms with Crippen LogP contribution in [0, 0.1) is 0 Å². The minimum Gasteiger partial charge on any atom is -0.487 e. The molecule has 0 N–H and O–H groups in total. The van der Waals surface area contributed by atoms with E-state index in [9.17, 15) is 0 Å². The van der Waals surface area contributed by atoms with E-state index in [1.807, 2.05) is 0 Å². The first-order valence-corrected chi connectivity index (χ1v) is 16.3. The molecule has 1 aliphatic rings. The Balaban J connectivity index is 1.80. The lowest BCUT2D eigenvalue weighted by Crippen LogP contribution is -2.18. The van der Waals surface area contributed by atoms with Crippen LogP contribution in [0.2, 0.25) is 0 Å². The fraction of sp³-hybridized carbons (Fsp3) is 0.400. The molecule has 0 spiro atoms. The van der Waals surface area contributed by atoms with Gasteiger partial charge in [0, 0.05) is 17.9 Å². The molecule has 4 atom stereocenters. The van der Waals surface area contributed by atoms with Crippen LogP contribution in [0.5, 0.6) is 23.0 Å². The van der Waals surface area contributed by atoms with Gasteiger partial charge >= 0.3 is 0 Å². The Morgan fingerprint density at radius 3 is 0.912 bits per heavy atom. The van der Waals surface area contributed by atoms with Crippen LogP contribution in [0.15, 0.2) is 42.2 Å². The van der Waals surface area contributed by atoms with Gasteiger partial charge in [0.05, 0.1) is 0 Å². The molecule has 0 fully saturated rings. The monoisotopic (exact) mass is 840 g/mol. The number of alkyl halides is 4. The second-order valence-electron chi connectivity index (χ2n) is 6.58. The highest BCUT2D eigenvalue weighted by Crippen LogP contribution is 2.40. The largest absolute Gasteiger partial charge is 0.487 e. The Morgan fingerprint density at radius 1 is 0.500 bits per heavy atom. The standard InChI is InChI=1S/C20H16Br4Cl4O4S2/c21-9-1-13-14(2-10(9)22)30-6-18(26)34-20(28)8-32-16-4-12(24)11(23)3-15(16)31-7-19(27)33-17(25)5-29-13/h1-4,17-20H,5-8H2/t17-,18-,19-,20+/m1/s1. The molecule has 0 aliphatic carbocycles. The topological polar surface area (TPSA) is 36.9 Å². The zero-order chi connectivity index (χ0) is 24.8. The molecule has 2 aromatic rings. The predicted octanol–water partition coefficient (Wildman–Crippen LogP) is 9.69. The first-order chi connectivity index (χ1) is 16.1. The minimum atomic E-state index is -0.430. The SMILES string of the molecule is Cl[C@@H]1COc2cc(Br)c(Br)cc2OC[C@H](Cl)S[C@@H](Cl)COc2cc(Br)c(Br)cc2OC[C@H](Cl)S1. The summed E-state index contributed by atoms with van der Waals surface area (Å²) in [6.07, 6.45) is 0. The van der Waals surface area contributed by atoms with Crippen LogP contribution >= 0.6 is 134 Å². The summed E-state index contributed by atoms with van der Waals surface area (Å²) >= 11 is 42.4. The van der Waals surface area contributed by atoms with Crippen molar-refractivity contribution in [2.45, 2.75) is 18.8 Å². The lowest BCUT2D eigenvalue weighted by atomic mass is 10.3. The number of halogens is 8. The van der Waals surface area contributed by atoms with Crippen molar-refractivity contribution >= 4 is 134 Å². The average molecular weight is 846 g/mol. The molecule has 0 saturated carbocycles. The number of thioether (sulfide) groups is 2. The van der Waals surface area contributed by atoms with Gasteiger partial charge < -0.3 is 18.9 Å². The van der Waals surface area contributed by atoms with Crippen LogP contribution in [-0.2, 0) is 0 Å². The summed E-state index contributed by atoms with van der Waals surface area (Å²) in [6, 6.07) is 7.20. The van der Waals surface area contributed by atoms with E-state index in [2.05, 4.69) is 63.7 Å². The molecule has 0 radical (unpaired) electrons. The van der Waals surface area contributed by atoms with E-state index in [0.29, 0.717) is 23.0 Å². The van der Waals surface area contributed by atoms with E-state index in [1.165, 1.54) is 23.5 Å². The number of ether oxygens (including phenoxy) is 4. The third kappa shape index (κ3) is 9.31. The third-order valence-corrected chi connectivity index (χ3v) is 11.2. The third-order valence-electron chi connectivity index (χ3n) is 4.04. The van der Waals surface area contributed by atoms with E-state index >= 15 is 0 Å². The normalized spacial score (nSPS) is 24.7. The molecule has 3 rings (SSSR count). The molecule has 34 heavy (non-hydrogen) atoms. The van der Waals surface area contributed by atoms with Gasteiger partial charge in [-0.1, -0.05) is 0 Å². The lowest BCUT2D eigenvalue weighted by molar-refractivity contribution is 0.279. The number of benzene rings is 2. The van der Waals surface area contributed by atoms with Crippen molar-refractivity contribution in [3.8, 4) is 23.0 Å². The zero-order valence-electron chi connectivity index (χ0n) is 16.9. The van der Waals surface area contributed by atoms with Gasteiger partial charge in [0.15, 0.2) is 23.0 Å². The smallest absolute Gasteiger partial charge is 0.162 e. The van der Waals surface area contributed by atoms with Crippen LogP contribution in [0.25, 0.3) is 0 Å². The van der Waals surface area contributed by atoms with Gasteiger partial charge in [-0.25, -0.2) is 0 Å². The van der Waals surface area contributed by atoms with Crippen molar-refractivity contribution in [2.24, 2.45) is 0 Å². The highest BCUT2D eigenvalue weighted by atomic mass is 79.9. The van der Waals surface area contributed by atoms with Gasteiger partial charge in [-0.05, 0) is 88.0 Å². The van der Waals surface area contributed by atoms with Crippen molar-refractivity contribution in [2.75, 3.05) is 26.4 Å². The van der Waals surface area contributed by atoms with Crippen molar-refractivity contribution in [1.29, 1.82) is 0 Å². The molecule has 1 heterocycles. The van der Waals surface area contributed by atoms with Gasteiger partial charge in [-0.15, -0.1) is 69.9 Å². The minimum absolute atomic E-state index is 0.195. The number of rotatable bonds is 0. The summed E-state index contributed by atoms with van der Waals surface area (Å²) in [7, 11) is 0. The second kappa shape index (κ2) is 14.5. The summed E-state index contributed by atoms with van der Waals surface area (Å²) in [4.78, 5) is 0. The first kappa shape index (κ1) is 30.0. The van der Waals surface area contributed by atoms with Crippen LogP contribution in [0.4, 0.5) is 0 Å². The first-order valence-electron chi connectivity index (χ1n) is 9.49. The maximum Gasteiger partial charge on any atom is 0.162 e. The van der Waals surface area contributed by atoms with Crippen LogP contribution in [0.3, 0.4) is 0 Å². The van der Waals surface area contributed by atoms with Crippen LogP contribution in [0.1, 0.15) is 0 Å². The van der Waals surface area contributed by atoms with E-state index in [-0.39, 0.29) is 26.4 Å². The molecule has 0 saturated heterocycles. The summed E-state index contributed by atoms with van der Waals surface area (Å²) < 4.78 is 25.3. The van der Waals surface area contributed by atoms with Crippen molar-refractivity contribution in [1.82, 2.24) is 0 Å². The fourth-order valence-corrected chi connectivity index (χ4v) is 7.15. The fourth-order valence-electron chi connectivity index (χ4n) is 2.57. The van der Waals surface area contributed by atoms with E-state index in [4.69, 9.17) is 65.4 Å². The number of hydrogen-bond acceptors (Lipinski definition) is 6. The molecular weight excluding hydrogens is 830 g/mol. The van der Waals surface area contributed by atoms with Gasteiger partial charge in [0.25, 0.3) is 0 Å². The Labute approximate surface area is 260 Å². The maximum absolute atomic E-state index is 6.47. The van der Waals surface area contributed by atoms with Crippen molar-refractivity contribution in [3.05, 3.63) is 42.2 Å². The zero-order valence-corrected chi connectivity index (χ0v) is 27.9. The molecule has 0 amide bonds. The van der Waals surface area contributed by atoms with Crippen molar-refractivity contribution < 1.29 is 18.9 Å². The molecular formula is C20H16Br4Cl4O4S2. The Hall–Kier alpha value is 1.42. The van der Waals surface area contributed by atoms with Gasteiger partial charge in [-0.2, -0.15) is 0 Å². The summed E-state index contributed by atoms with van der Waals surface area (Å²) in [5.41, 5.74) is 0. The Bertz CT molecular complexity index is 843. The summed E-state index contributed by atoms with van der Waals surface area (Å²) in [6.45, 7) is 0.781. The average Bonchev–Trinajstić information content (AvgIpc) is 2.77. The summed E-state index contributed by atoms with van der Waals surface area (Å²) in [5, 5.41) is 0. The maximum atomic E-state index is 6.47. The molecule has 14 heteroatoms. The van der Waals surface area contributed by atoms with Crippen LogP contribution < -0.4 is 18.9 Å². The van der Waals surface area contributed by atoms with E-state index in [0.717, 1.165) is 17.9 Å². The molecule has 0 bridgehead atoms. The molecule has 2 aromatic carbocycles. The van der Waals surface area contributed by atoms with Gasteiger partial charge in [0.1, 0.15) is 45.3 Å². The molecule has 1 aliphatic heterocycles. The quantitative estimate of drug-likeness (QED) is 0.246. The van der Waals surface area contributed by atoms with Gasteiger partial charge in [-0.3, -0.25) is 0 Å². The highest BCUT2D eigenvalue weighted by Gasteiger charge is 2.21. The predicted molar refractivity (Wildman–Crippen MR) is 159 cm³/mol. The van der Waals surface area contributed by atoms with Crippen LogP contribution in [-0.4, -0.2) is 45.3 Å². The van der Waals surface area contributed by atoms with E-state index < -0.39 is 18.8 Å². The Kier molecular flexibility index (Phi) is 12.8. The molecule has 0 aromatic heterocycles. The Morgan fingerprint density at radius 2 is 0.706 bits per heavy atom. The van der Waals surface area contributed by atoms with E-state index in [1.54, 1.807) is 24.3 Å².